The summed E-state index contributed by atoms with van der Waals surface area (Å²) in [6, 6.07) is 2.28. The van der Waals surface area contributed by atoms with E-state index in [0.29, 0.717) is 12.0 Å². The molecule has 1 saturated heterocycles. The van der Waals surface area contributed by atoms with Crippen molar-refractivity contribution in [3.05, 3.63) is 17.7 Å². The highest BCUT2D eigenvalue weighted by Crippen LogP contribution is 2.40. The van der Waals surface area contributed by atoms with E-state index in [2.05, 4.69) is 10.1 Å². The third kappa shape index (κ3) is 2.47. The Labute approximate surface area is 103 Å². The molecule has 4 N–H and O–H groups in total. The van der Waals surface area contributed by atoms with Crippen molar-refractivity contribution < 1.29 is 24.9 Å². The number of rotatable bonds is 1. The number of hydrogen-bond donors (Lipinski definition) is 4. The highest BCUT2D eigenvalue weighted by molar-refractivity contribution is 5.85. The lowest BCUT2D eigenvalue weighted by Crippen LogP contribution is -2.35. The molecule has 1 aliphatic rings. The minimum Gasteiger partial charge on any atom is -0.504 e. The summed E-state index contributed by atoms with van der Waals surface area (Å²) in [5.74, 6) is -1.41. The van der Waals surface area contributed by atoms with E-state index in [0.717, 1.165) is 0 Å². The third-order valence-electron chi connectivity index (χ3n) is 2.47. The van der Waals surface area contributed by atoms with Crippen LogP contribution in [0.15, 0.2) is 12.1 Å². The van der Waals surface area contributed by atoms with E-state index in [1.165, 1.54) is 12.1 Å². The maximum absolute atomic E-state index is 11.0. The number of halogens is 1. The van der Waals surface area contributed by atoms with E-state index in [1.807, 2.05) is 0 Å². The Morgan fingerprint density at radius 1 is 1.24 bits per heavy atom. The van der Waals surface area contributed by atoms with Gasteiger partial charge >= 0.3 is 6.09 Å². The molecule has 17 heavy (non-hydrogen) atoms. The Bertz CT molecular complexity index is 437. The summed E-state index contributed by atoms with van der Waals surface area (Å²) in [7, 11) is 0. The first kappa shape index (κ1) is 13.2. The molecular weight excluding hydrogens is 250 g/mol. The lowest BCUT2D eigenvalue weighted by Gasteiger charge is -2.24. The average molecular weight is 262 g/mol. The molecule has 0 bridgehead atoms. The molecule has 94 valence electrons. The van der Waals surface area contributed by atoms with Crippen LogP contribution < -0.4 is 5.32 Å². The number of phenolic OH excluding ortho intramolecular Hbond substituents is 3. The first-order chi connectivity index (χ1) is 7.59. The molecule has 1 aromatic carbocycles. The van der Waals surface area contributed by atoms with Gasteiger partial charge in [0.25, 0.3) is 0 Å². The predicted octanol–water partition coefficient (Wildman–Crippen LogP) is 1.40. The summed E-state index contributed by atoms with van der Waals surface area (Å²) >= 11 is 0. The Hall–Kier alpha value is -1.82. The van der Waals surface area contributed by atoms with E-state index in [-0.39, 0.29) is 19.0 Å². The van der Waals surface area contributed by atoms with Crippen LogP contribution in [0.2, 0.25) is 0 Å². The van der Waals surface area contributed by atoms with Gasteiger partial charge in [0.05, 0.1) is 12.6 Å². The van der Waals surface area contributed by atoms with Crippen LogP contribution >= 0.6 is 12.4 Å². The van der Waals surface area contributed by atoms with Crippen molar-refractivity contribution in [1.29, 1.82) is 0 Å². The number of cyclic esters (lactones) is 1. The summed E-state index contributed by atoms with van der Waals surface area (Å²) < 4.78 is 4.68. The van der Waals surface area contributed by atoms with Gasteiger partial charge in [-0.2, -0.15) is 0 Å². The highest BCUT2D eigenvalue weighted by atomic mass is 35.5. The fourth-order valence-electron chi connectivity index (χ4n) is 1.62. The molecule has 1 aromatic rings. The molecular formula is C10H12ClNO5. The van der Waals surface area contributed by atoms with Crippen molar-refractivity contribution >= 4 is 18.5 Å². The van der Waals surface area contributed by atoms with Crippen LogP contribution in [0.25, 0.3) is 0 Å². The quantitative estimate of drug-likeness (QED) is 0.573. The van der Waals surface area contributed by atoms with Crippen LogP contribution in [0.5, 0.6) is 17.2 Å². The Morgan fingerprint density at radius 3 is 2.59 bits per heavy atom. The summed E-state index contributed by atoms with van der Waals surface area (Å²) in [5, 5.41) is 30.6. The third-order valence-corrected chi connectivity index (χ3v) is 2.47. The first-order valence-electron chi connectivity index (χ1n) is 4.76. The number of hydrogen-bond acceptors (Lipinski definition) is 5. The van der Waals surface area contributed by atoms with Gasteiger partial charge in [0, 0.05) is 12.0 Å². The van der Waals surface area contributed by atoms with Crippen molar-refractivity contribution in [3.8, 4) is 17.2 Å². The maximum Gasteiger partial charge on any atom is 0.407 e. The van der Waals surface area contributed by atoms with E-state index in [4.69, 9.17) is 5.11 Å². The molecule has 0 unspecified atom stereocenters. The number of ether oxygens (including phenoxy) is 1. The predicted molar refractivity (Wildman–Crippen MR) is 60.5 cm³/mol. The minimum absolute atomic E-state index is 0. The SMILES string of the molecule is Cl.O=C1N[C@H](c2ccc(O)c(O)c2O)CCO1. The molecule has 1 amide bonds. The number of phenols is 3. The largest absolute Gasteiger partial charge is 0.504 e. The second-order valence-electron chi connectivity index (χ2n) is 3.49. The summed E-state index contributed by atoms with van der Waals surface area (Å²) in [4.78, 5) is 11.0. The maximum atomic E-state index is 11.0. The zero-order valence-corrected chi connectivity index (χ0v) is 9.53. The zero-order valence-electron chi connectivity index (χ0n) is 8.71. The molecule has 6 nitrogen and oxygen atoms in total. The molecule has 0 spiro atoms. The number of nitrogens with one attached hydrogen (secondary N) is 1. The molecule has 0 radical (unpaired) electrons. The van der Waals surface area contributed by atoms with Crippen molar-refractivity contribution in [3.63, 3.8) is 0 Å². The normalized spacial score (nSPS) is 18.8. The van der Waals surface area contributed by atoms with Crippen LogP contribution in [0.1, 0.15) is 18.0 Å². The van der Waals surface area contributed by atoms with Crippen molar-refractivity contribution in [2.75, 3.05) is 6.61 Å². The number of amides is 1. The summed E-state index contributed by atoms with van der Waals surface area (Å²) in [6.45, 7) is 0.248. The van der Waals surface area contributed by atoms with E-state index in [1.54, 1.807) is 0 Å². The van der Waals surface area contributed by atoms with Crippen LogP contribution in [-0.4, -0.2) is 28.0 Å². The van der Waals surface area contributed by atoms with Crippen molar-refractivity contribution in [1.82, 2.24) is 5.32 Å². The average Bonchev–Trinajstić information content (AvgIpc) is 2.26. The minimum atomic E-state index is -0.585. The van der Waals surface area contributed by atoms with Gasteiger partial charge in [-0.25, -0.2) is 4.79 Å². The molecule has 2 rings (SSSR count). The number of alkyl carbamates (subject to hydrolysis) is 1. The highest BCUT2D eigenvalue weighted by Gasteiger charge is 2.25. The van der Waals surface area contributed by atoms with Gasteiger partial charge in [-0.3, -0.25) is 0 Å². The second kappa shape index (κ2) is 5.01. The van der Waals surface area contributed by atoms with Gasteiger partial charge in [-0.1, -0.05) is 0 Å². The Balaban J connectivity index is 0.00000144. The van der Waals surface area contributed by atoms with Gasteiger partial charge in [-0.15, -0.1) is 12.4 Å². The van der Waals surface area contributed by atoms with E-state index < -0.39 is 29.4 Å². The van der Waals surface area contributed by atoms with E-state index >= 15 is 0 Å². The zero-order chi connectivity index (χ0) is 11.7. The summed E-state index contributed by atoms with van der Waals surface area (Å²) in [6.07, 6.45) is -0.0769. The Kier molecular flexibility index (Phi) is 3.90. The lowest BCUT2D eigenvalue weighted by atomic mass is 10.0. The topological polar surface area (TPSA) is 99.0 Å². The van der Waals surface area contributed by atoms with Crippen LogP contribution in [-0.2, 0) is 4.74 Å². The molecule has 1 atom stereocenters. The van der Waals surface area contributed by atoms with Gasteiger partial charge in [-0.05, 0) is 12.1 Å². The van der Waals surface area contributed by atoms with Gasteiger partial charge < -0.3 is 25.4 Å². The second-order valence-corrected chi connectivity index (χ2v) is 3.49. The number of benzene rings is 1. The van der Waals surface area contributed by atoms with Gasteiger partial charge in [0.15, 0.2) is 11.5 Å². The first-order valence-corrected chi connectivity index (χ1v) is 4.76. The molecule has 0 aliphatic carbocycles. The summed E-state index contributed by atoms with van der Waals surface area (Å²) in [5.41, 5.74) is 0.354. The molecule has 1 heterocycles. The van der Waals surface area contributed by atoms with E-state index in [9.17, 15) is 15.0 Å². The number of carbonyl (C=O) groups is 1. The van der Waals surface area contributed by atoms with Crippen molar-refractivity contribution in [2.24, 2.45) is 0 Å². The van der Waals surface area contributed by atoms with Crippen molar-refractivity contribution in [2.45, 2.75) is 12.5 Å². The fraction of sp³-hybridized carbons (Fsp3) is 0.300. The molecule has 0 saturated carbocycles. The van der Waals surface area contributed by atoms with Crippen LogP contribution in [0.4, 0.5) is 4.79 Å². The molecule has 1 aliphatic heterocycles. The fourth-order valence-corrected chi connectivity index (χ4v) is 1.62. The molecule has 1 fully saturated rings. The van der Waals surface area contributed by atoms with Gasteiger partial charge in [0.2, 0.25) is 5.75 Å². The standard InChI is InChI=1S/C10H11NO5.ClH/c12-7-2-1-5(8(13)9(7)14)6-3-4-16-10(15)11-6;/h1-2,6,12-14H,3-4H2,(H,11,15);1H/t6-;/m0./s1. The molecule has 0 aromatic heterocycles. The Morgan fingerprint density at radius 2 is 1.94 bits per heavy atom. The monoisotopic (exact) mass is 261 g/mol. The smallest absolute Gasteiger partial charge is 0.407 e. The number of aromatic hydroxyl groups is 3. The molecule has 7 heteroatoms. The van der Waals surface area contributed by atoms with Crippen LogP contribution in [0, 0.1) is 0 Å². The number of carbonyl (C=O) groups excluding carboxylic acids is 1. The van der Waals surface area contributed by atoms with Crippen LogP contribution in [0.3, 0.4) is 0 Å². The van der Waals surface area contributed by atoms with Gasteiger partial charge in [0.1, 0.15) is 0 Å². The lowest BCUT2D eigenvalue weighted by molar-refractivity contribution is 0.115.